The lowest BCUT2D eigenvalue weighted by Gasteiger charge is -2.19. The van der Waals surface area contributed by atoms with E-state index in [0.717, 1.165) is 10.4 Å². The van der Waals surface area contributed by atoms with Gasteiger partial charge in [0.25, 0.3) is 11.5 Å². The highest BCUT2D eigenvalue weighted by Gasteiger charge is 2.20. The minimum atomic E-state index is -0.552. The molecule has 2 N–H and O–H groups in total. The summed E-state index contributed by atoms with van der Waals surface area (Å²) in [5.74, 6) is 0.0732. The van der Waals surface area contributed by atoms with Crippen molar-refractivity contribution in [1.29, 1.82) is 0 Å². The van der Waals surface area contributed by atoms with E-state index in [9.17, 15) is 14.4 Å². The average molecular weight is 463 g/mol. The van der Waals surface area contributed by atoms with Gasteiger partial charge in [-0.15, -0.1) is 11.3 Å². The minimum Gasteiger partial charge on any atom is -0.340 e. The molecule has 0 radical (unpaired) electrons. The molecule has 3 aromatic heterocycles. The number of amides is 1. The van der Waals surface area contributed by atoms with Crippen LogP contribution in [0.2, 0.25) is 0 Å². The summed E-state index contributed by atoms with van der Waals surface area (Å²) in [7, 11) is 0. The molecule has 170 valence electrons. The normalized spacial score (nSPS) is 12.2. The van der Waals surface area contributed by atoms with Crippen LogP contribution in [0.1, 0.15) is 65.5 Å². The van der Waals surface area contributed by atoms with Gasteiger partial charge < -0.3 is 5.32 Å². The number of pyridine rings is 1. The van der Waals surface area contributed by atoms with Gasteiger partial charge in [0.2, 0.25) is 0 Å². The Bertz CT molecular complexity index is 1390. The molecule has 3 heterocycles. The van der Waals surface area contributed by atoms with E-state index in [1.807, 2.05) is 36.6 Å². The number of aromatic nitrogens is 3. The summed E-state index contributed by atoms with van der Waals surface area (Å²) in [4.78, 5) is 45.4. The molecule has 0 bridgehead atoms. The monoisotopic (exact) mass is 462 g/mol. The molecule has 1 atom stereocenters. The van der Waals surface area contributed by atoms with E-state index >= 15 is 0 Å². The first-order chi connectivity index (χ1) is 15.9. The Balaban J connectivity index is 1.70. The Kier molecular flexibility index (Phi) is 6.55. The van der Waals surface area contributed by atoms with Crippen molar-refractivity contribution in [2.75, 3.05) is 0 Å². The first-order valence-electron chi connectivity index (χ1n) is 11.0. The van der Waals surface area contributed by atoms with Crippen molar-refractivity contribution in [2.24, 2.45) is 0 Å². The highest BCUT2D eigenvalue weighted by atomic mass is 32.1. The first kappa shape index (κ1) is 22.7. The minimum absolute atomic E-state index is 0.213. The highest BCUT2D eigenvalue weighted by molar-refractivity contribution is 7.10. The lowest BCUT2D eigenvalue weighted by Crippen LogP contribution is -2.32. The van der Waals surface area contributed by atoms with Crippen LogP contribution >= 0.6 is 11.3 Å². The smallest absolute Gasteiger partial charge is 0.329 e. The zero-order chi connectivity index (χ0) is 23.5. The predicted octanol–water partition coefficient (Wildman–Crippen LogP) is 4.20. The largest absolute Gasteiger partial charge is 0.340 e. The number of carbonyl (C=O) groups is 1. The third kappa shape index (κ3) is 4.66. The molecule has 0 aliphatic heterocycles. The molecule has 0 fully saturated rings. The molecule has 8 heteroatoms. The van der Waals surface area contributed by atoms with Crippen molar-refractivity contribution in [3.05, 3.63) is 96.4 Å². The van der Waals surface area contributed by atoms with E-state index in [0.29, 0.717) is 18.9 Å². The highest BCUT2D eigenvalue weighted by Crippen LogP contribution is 2.28. The van der Waals surface area contributed by atoms with Gasteiger partial charge in [-0.3, -0.25) is 19.1 Å². The third-order valence-corrected chi connectivity index (χ3v) is 6.52. The van der Waals surface area contributed by atoms with Gasteiger partial charge >= 0.3 is 5.69 Å². The Morgan fingerprint density at radius 1 is 1.15 bits per heavy atom. The van der Waals surface area contributed by atoms with Crippen molar-refractivity contribution in [3.8, 4) is 0 Å². The lowest BCUT2D eigenvalue weighted by molar-refractivity contribution is 0.0943. The van der Waals surface area contributed by atoms with Crippen LogP contribution in [0.3, 0.4) is 0 Å². The van der Waals surface area contributed by atoms with Crippen LogP contribution in [-0.4, -0.2) is 20.4 Å². The van der Waals surface area contributed by atoms with Crippen molar-refractivity contribution in [1.82, 2.24) is 19.9 Å². The van der Waals surface area contributed by atoms with Crippen molar-refractivity contribution in [3.63, 3.8) is 0 Å². The van der Waals surface area contributed by atoms with Crippen molar-refractivity contribution >= 4 is 28.3 Å². The third-order valence-electron chi connectivity index (χ3n) is 5.58. The fourth-order valence-electron chi connectivity index (χ4n) is 3.79. The van der Waals surface area contributed by atoms with Gasteiger partial charge in [0.1, 0.15) is 5.65 Å². The topological polar surface area (TPSA) is 96.9 Å². The summed E-state index contributed by atoms with van der Waals surface area (Å²) in [5, 5.41) is 5.27. The molecular weight excluding hydrogens is 436 g/mol. The molecule has 4 rings (SSSR count). The molecule has 0 aliphatic rings. The Morgan fingerprint density at radius 2 is 1.88 bits per heavy atom. The maximum Gasteiger partial charge on any atom is 0.329 e. The van der Waals surface area contributed by atoms with E-state index in [-0.39, 0.29) is 28.5 Å². The maximum atomic E-state index is 13.2. The SMILES string of the molecule is CCCn1c(=O)[nH]c(=O)c2cc(C(=O)NC(c3ccc(C(C)C)cc3)c3cccs3)cnc21. The summed E-state index contributed by atoms with van der Waals surface area (Å²) in [6.45, 7) is 6.64. The van der Waals surface area contributed by atoms with Crippen LogP contribution in [0.5, 0.6) is 0 Å². The standard InChI is InChI=1S/C25H26N4O3S/c1-4-11-29-22-19(24(31)28-25(29)32)13-18(14-26-22)23(30)27-21(20-6-5-12-33-20)17-9-7-16(8-10-17)15(2)3/h5-10,12-15,21H,4,11H2,1-3H3,(H,27,30)(H,28,31,32). The van der Waals surface area contributed by atoms with E-state index in [1.54, 1.807) is 11.3 Å². The summed E-state index contributed by atoms with van der Waals surface area (Å²) in [5.41, 5.74) is 1.69. The molecular formula is C25H26N4O3S. The Hall–Kier alpha value is -3.52. The molecule has 4 aromatic rings. The molecule has 0 aliphatic carbocycles. The van der Waals surface area contributed by atoms with Crippen LogP contribution < -0.4 is 16.6 Å². The fraction of sp³-hybridized carbons (Fsp3) is 0.280. The summed E-state index contributed by atoms with van der Waals surface area (Å²) < 4.78 is 1.42. The zero-order valence-corrected chi connectivity index (χ0v) is 19.6. The first-order valence-corrected chi connectivity index (χ1v) is 11.8. The summed E-state index contributed by atoms with van der Waals surface area (Å²) >= 11 is 1.56. The number of nitrogens with zero attached hydrogens (tertiary/aromatic N) is 2. The Morgan fingerprint density at radius 3 is 2.52 bits per heavy atom. The molecule has 0 saturated heterocycles. The number of H-pyrrole nitrogens is 1. The van der Waals surface area contributed by atoms with Gasteiger partial charge in [-0.1, -0.05) is 51.1 Å². The molecule has 0 spiro atoms. The number of rotatable bonds is 7. The second-order valence-electron chi connectivity index (χ2n) is 8.25. The number of nitrogens with one attached hydrogen (secondary N) is 2. The van der Waals surface area contributed by atoms with Crippen LogP contribution in [0.15, 0.2) is 63.6 Å². The van der Waals surface area contributed by atoms with Gasteiger partial charge in [0.15, 0.2) is 0 Å². The van der Waals surface area contributed by atoms with E-state index in [4.69, 9.17) is 0 Å². The molecule has 33 heavy (non-hydrogen) atoms. The van der Waals surface area contributed by atoms with Crippen LogP contribution in [0.4, 0.5) is 0 Å². The molecule has 1 aromatic carbocycles. The van der Waals surface area contributed by atoms with Crippen LogP contribution in [0, 0.1) is 0 Å². The number of thiophene rings is 1. The Labute approximate surface area is 195 Å². The summed E-state index contributed by atoms with van der Waals surface area (Å²) in [6, 6.07) is 13.3. The molecule has 1 unspecified atom stereocenters. The van der Waals surface area contributed by atoms with Crippen molar-refractivity contribution in [2.45, 2.75) is 45.7 Å². The van der Waals surface area contributed by atoms with E-state index in [1.165, 1.54) is 22.4 Å². The molecule has 7 nitrogen and oxygen atoms in total. The van der Waals surface area contributed by atoms with Gasteiger partial charge in [-0.05, 0) is 41.0 Å². The van der Waals surface area contributed by atoms with E-state index in [2.05, 4.69) is 41.3 Å². The second kappa shape index (κ2) is 9.54. The van der Waals surface area contributed by atoms with Crippen molar-refractivity contribution < 1.29 is 4.79 Å². The van der Waals surface area contributed by atoms with E-state index < -0.39 is 11.2 Å². The number of aromatic amines is 1. The van der Waals surface area contributed by atoms with Crippen LogP contribution in [0.25, 0.3) is 11.0 Å². The lowest BCUT2D eigenvalue weighted by atomic mass is 9.98. The van der Waals surface area contributed by atoms with Gasteiger partial charge in [0, 0.05) is 17.6 Å². The van der Waals surface area contributed by atoms with Gasteiger partial charge in [0.05, 0.1) is 17.0 Å². The number of hydrogen-bond donors (Lipinski definition) is 2. The number of benzene rings is 1. The second-order valence-corrected chi connectivity index (χ2v) is 9.23. The number of fused-ring (bicyclic) bond motifs is 1. The van der Waals surface area contributed by atoms with Gasteiger partial charge in [-0.2, -0.15) is 0 Å². The molecule has 0 saturated carbocycles. The molecule has 1 amide bonds. The predicted molar refractivity (Wildman–Crippen MR) is 131 cm³/mol. The quantitative estimate of drug-likeness (QED) is 0.430. The maximum absolute atomic E-state index is 13.2. The number of aryl methyl sites for hydroxylation is 1. The zero-order valence-electron chi connectivity index (χ0n) is 18.8. The fourth-order valence-corrected chi connectivity index (χ4v) is 4.59. The van der Waals surface area contributed by atoms with Gasteiger partial charge in [-0.25, -0.2) is 9.78 Å². The summed E-state index contributed by atoms with van der Waals surface area (Å²) in [6.07, 6.45) is 2.12. The number of carbonyl (C=O) groups excluding carboxylic acids is 1. The number of hydrogen-bond acceptors (Lipinski definition) is 5. The van der Waals surface area contributed by atoms with Crippen LogP contribution in [-0.2, 0) is 6.54 Å². The average Bonchev–Trinajstić information content (AvgIpc) is 3.34.